The van der Waals surface area contributed by atoms with Gasteiger partial charge in [0.05, 0.1) is 24.9 Å². The summed E-state index contributed by atoms with van der Waals surface area (Å²) in [7, 11) is 1.92. The Balaban J connectivity index is 0. The van der Waals surface area contributed by atoms with Gasteiger partial charge in [-0.3, -0.25) is 0 Å². The molecule has 2 aliphatic heterocycles. The molecule has 0 bridgehead atoms. The molecule has 284 valence electrons. The van der Waals surface area contributed by atoms with Gasteiger partial charge in [0.25, 0.3) is 0 Å². The summed E-state index contributed by atoms with van der Waals surface area (Å²) in [5.74, 6) is 0.840. The van der Waals surface area contributed by atoms with E-state index in [0.717, 1.165) is 35.3 Å². The van der Waals surface area contributed by atoms with Crippen molar-refractivity contribution in [1.82, 2.24) is 5.32 Å². The third kappa shape index (κ3) is 13.8. The average molecular weight is 740 g/mol. The summed E-state index contributed by atoms with van der Waals surface area (Å²) in [5.41, 5.74) is 7.02. The fourth-order valence-corrected chi connectivity index (χ4v) is 6.01. The zero-order valence-corrected chi connectivity index (χ0v) is 28.7. The van der Waals surface area contributed by atoms with E-state index in [1.807, 2.05) is 19.2 Å². The first kappa shape index (κ1) is 49.4. The van der Waals surface area contributed by atoms with Gasteiger partial charge < -0.3 is 30.0 Å². The maximum Gasteiger partial charge on any atom is 1.00 e. The van der Waals surface area contributed by atoms with Gasteiger partial charge in [0.1, 0.15) is 5.75 Å². The number of hydrogen-bond acceptors (Lipinski definition) is 5. The summed E-state index contributed by atoms with van der Waals surface area (Å²) in [6.45, 7) is 12.8. The molecule has 1 fully saturated rings. The van der Waals surface area contributed by atoms with Crippen molar-refractivity contribution < 1.29 is 36.4 Å². The molecular formula is C43H67CuN2O4. The smallest absolute Gasteiger partial charge is 0.637 e. The normalized spacial score (nSPS) is 20.9. The molecular weight excluding hydrogens is 672 g/mol. The molecule has 6 unspecified atom stereocenters. The molecule has 7 heteroatoms. The van der Waals surface area contributed by atoms with Gasteiger partial charge in [0.15, 0.2) is 6.29 Å². The van der Waals surface area contributed by atoms with Gasteiger partial charge in [0, 0.05) is 12.0 Å². The van der Waals surface area contributed by atoms with Crippen molar-refractivity contribution in [2.75, 3.05) is 13.7 Å². The second-order valence-electron chi connectivity index (χ2n) is 11.9. The Morgan fingerprint density at radius 3 is 2.16 bits per heavy atom. The van der Waals surface area contributed by atoms with Crippen LogP contribution < -0.4 is 10.1 Å². The number of benzene rings is 3. The number of rotatable bonds is 13. The predicted octanol–water partition coefficient (Wildman–Crippen LogP) is 11.6. The monoisotopic (exact) mass is 738 g/mol. The fourth-order valence-electron chi connectivity index (χ4n) is 6.01. The van der Waals surface area contributed by atoms with Crippen LogP contribution in [0.15, 0.2) is 79.9 Å². The van der Waals surface area contributed by atoms with Crippen molar-refractivity contribution in [1.29, 1.82) is 0 Å². The maximum atomic E-state index is 10.9. The van der Waals surface area contributed by atoms with E-state index in [0.29, 0.717) is 19.4 Å². The molecule has 6 atom stereocenters. The number of aliphatic hydroxyl groups is 1. The molecule has 2 aliphatic rings. The van der Waals surface area contributed by atoms with Crippen molar-refractivity contribution in [3.05, 3.63) is 119 Å². The van der Waals surface area contributed by atoms with Crippen LogP contribution in [0.5, 0.6) is 5.75 Å². The van der Waals surface area contributed by atoms with Gasteiger partial charge >= 0.3 is 17.1 Å². The fraction of sp³-hybridized carbons (Fsp3) is 0.488. The average Bonchev–Trinajstić information content (AvgIpc) is 3.40. The van der Waals surface area contributed by atoms with Gasteiger partial charge in [-0.25, -0.2) is 0 Å². The second kappa shape index (κ2) is 25.3. The van der Waals surface area contributed by atoms with Crippen LogP contribution in [0, 0.1) is 0 Å². The molecule has 50 heavy (non-hydrogen) atoms. The Morgan fingerprint density at radius 2 is 1.56 bits per heavy atom. The molecule has 0 spiro atoms. The molecule has 0 amide bonds. The van der Waals surface area contributed by atoms with Crippen LogP contribution in [0.4, 0.5) is 0 Å². The van der Waals surface area contributed by atoms with E-state index in [1.54, 1.807) is 0 Å². The predicted molar refractivity (Wildman–Crippen MR) is 212 cm³/mol. The van der Waals surface area contributed by atoms with E-state index in [4.69, 9.17) is 19.5 Å². The molecule has 6 nitrogen and oxygen atoms in total. The van der Waals surface area contributed by atoms with E-state index in [9.17, 15) is 5.11 Å². The Kier molecular flexibility index (Phi) is 24.9. The summed E-state index contributed by atoms with van der Waals surface area (Å²) in [6.07, 6.45) is 8.64. The summed E-state index contributed by atoms with van der Waals surface area (Å²) >= 11 is 0. The summed E-state index contributed by atoms with van der Waals surface area (Å²) in [5, 5.41) is 18.9. The molecule has 2 N–H and O–H groups in total. The molecule has 0 aliphatic carbocycles. The Hall–Kier alpha value is -2.74. The number of fused-ring (bicyclic) bond motifs is 1. The largest absolute Gasteiger partial charge is 1.00 e. The third-order valence-electron chi connectivity index (χ3n) is 8.46. The van der Waals surface area contributed by atoms with Crippen LogP contribution in [0.1, 0.15) is 134 Å². The quantitative estimate of drug-likeness (QED) is 0.104. The van der Waals surface area contributed by atoms with Crippen molar-refractivity contribution in [3.8, 4) is 5.75 Å². The van der Waals surface area contributed by atoms with E-state index in [2.05, 4.69) is 106 Å². The van der Waals surface area contributed by atoms with Gasteiger partial charge in [-0.1, -0.05) is 135 Å². The first-order valence-corrected chi connectivity index (χ1v) is 16.4. The van der Waals surface area contributed by atoms with Crippen LogP contribution in [-0.4, -0.2) is 37.1 Å². The van der Waals surface area contributed by atoms with Crippen molar-refractivity contribution in [2.24, 2.45) is 0 Å². The van der Waals surface area contributed by atoms with E-state index in [-0.39, 0.29) is 71.2 Å². The standard InChI is InChI=1S/C37H47N2O4.C2H4.4CH4.Cu/c1-5-6-8-27-11-13-28(14-12-27)15-16-29-17-19-30(20-18-29)37-42-25(2)23-32(43-37)24-31(40)21-22-41-34-10-7-9-33-26(3)39-36(38-4)35(33)34;1-2;;;;;/h7,9-20,25-26,31-32,36-38,40H,5-6,8,21-24H2,1-4H3;1-2H2;4*1H4;/q-1;;;;;;+1/b16-15+;;;;;;. The van der Waals surface area contributed by atoms with E-state index in [1.165, 1.54) is 29.5 Å². The summed E-state index contributed by atoms with van der Waals surface area (Å²) in [4.78, 5) is 0. The van der Waals surface area contributed by atoms with Gasteiger partial charge in [-0.15, -0.1) is 19.2 Å². The number of aryl methyl sites for hydroxylation is 1. The third-order valence-corrected chi connectivity index (χ3v) is 8.46. The number of nitrogens with zero attached hydrogens (tertiary/aromatic N) is 1. The summed E-state index contributed by atoms with van der Waals surface area (Å²) < 4.78 is 18.6. The van der Waals surface area contributed by atoms with Crippen LogP contribution in [0.3, 0.4) is 0 Å². The Labute approximate surface area is 316 Å². The Bertz CT molecular complexity index is 1350. The van der Waals surface area contributed by atoms with Crippen LogP contribution in [0.2, 0.25) is 0 Å². The van der Waals surface area contributed by atoms with Gasteiger partial charge in [-0.2, -0.15) is 0 Å². The van der Waals surface area contributed by atoms with E-state index >= 15 is 0 Å². The van der Waals surface area contributed by atoms with Crippen LogP contribution >= 0.6 is 0 Å². The molecule has 3 aromatic carbocycles. The number of hydrogen-bond donors (Lipinski definition) is 2. The first-order chi connectivity index (χ1) is 21.9. The topological polar surface area (TPSA) is 74.0 Å². The van der Waals surface area contributed by atoms with Crippen molar-refractivity contribution in [3.63, 3.8) is 0 Å². The maximum absolute atomic E-state index is 10.9. The molecule has 2 heterocycles. The SMILES string of the molecule is C.C.C.C.C=C.CCCCc1ccc(/C=C/c2ccc(C3OC(C)CC(CC(O)CCOc4cccc5c4C(NC)[N-]C5C)O3)cc2)cc1.[Cu+]. The molecule has 0 saturated carbocycles. The van der Waals surface area contributed by atoms with Gasteiger partial charge in [-0.05, 0) is 68.0 Å². The van der Waals surface area contributed by atoms with Crippen LogP contribution in [-0.2, 0) is 33.0 Å². The zero-order valence-electron chi connectivity index (χ0n) is 27.8. The van der Waals surface area contributed by atoms with Crippen LogP contribution in [0.25, 0.3) is 17.5 Å². The molecule has 5 rings (SSSR count). The number of nitrogens with one attached hydrogen (secondary N) is 1. The zero-order chi connectivity index (χ0) is 32.2. The van der Waals surface area contributed by atoms with E-state index < -0.39 is 12.4 Å². The first-order valence-electron chi connectivity index (χ1n) is 16.4. The minimum Gasteiger partial charge on any atom is -0.637 e. The van der Waals surface area contributed by atoms with Crippen molar-refractivity contribution >= 4 is 12.2 Å². The molecule has 1 saturated heterocycles. The molecule has 3 aromatic rings. The Morgan fingerprint density at radius 1 is 0.940 bits per heavy atom. The molecule has 0 aromatic heterocycles. The minimum absolute atomic E-state index is 0. The minimum atomic E-state index is -0.523. The second-order valence-corrected chi connectivity index (χ2v) is 11.9. The molecule has 0 radical (unpaired) electrons. The number of unbranched alkanes of at least 4 members (excludes halogenated alkanes) is 1. The number of ether oxygens (including phenoxy) is 3. The summed E-state index contributed by atoms with van der Waals surface area (Å²) in [6, 6.07) is 23.4. The number of aliphatic hydroxyl groups excluding tert-OH is 1. The van der Waals surface area contributed by atoms with Crippen molar-refractivity contribution in [2.45, 2.75) is 126 Å². The van der Waals surface area contributed by atoms with Gasteiger partial charge in [0.2, 0.25) is 0 Å².